The van der Waals surface area contributed by atoms with E-state index in [1.165, 1.54) is 18.7 Å². The van der Waals surface area contributed by atoms with Gasteiger partial charge in [0.05, 0.1) is 17.1 Å². The van der Waals surface area contributed by atoms with Crippen molar-refractivity contribution in [2.75, 3.05) is 5.73 Å². The van der Waals surface area contributed by atoms with Crippen LogP contribution in [0.25, 0.3) is 11.0 Å². The summed E-state index contributed by atoms with van der Waals surface area (Å²) in [6, 6.07) is 6.31. The Bertz CT molecular complexity index is 684. The van der Waals surface area contributed by atoms with Gasteiger partial charge in [-0.1, -0.05) is 13.8 Å². The summed E-state index contributed by atoms with van der Waals surface area (Å²) < 4.78 is 2.37. The first-order chi connectivity index (χ1) is 9.48. The average Bonchev–Trinajstić information content (AvgIpc) is 3.18. The normalized spacial score (nSPS) is 28.6. The largest absolute Gasteiger partial charge is 0.399 e. The van der Waals surface area contributed by atoms with E-state index in [9.17, 15) is 5.11 Å². The van der Waals surface area contributed by atoms with Crippen LogP contribution in [-0.4, -0.2) is 20.8 Å². The third-order valence-electron chi connectivity index (χ3n) is 5.16. The number of imidazole rings is 1. The number of rotatable bonds is 2. The molecule has 0 bridgehead atoms. The Kier molecular flexibility index (Phi) is 2.29. The number of hydrogen-bond acceptors (Lipinski definition) is 3. The maximum atomic E-state index is 10.1. The highest BCUT2D eigenvalue weighted by atomic mass is 16.3. The van der Waals surface area contributed by atoms with Gasteiger partial charge in [0.15, 0.2) is 0 Å². The molecule has 2 aliphatic carbocycles. The van der Waals surface area contributed by atoms with Gasteiger partial charge in [-0.15, -0.1) is 0 Å². The first kappa shape index (κ1) is 12.2. The number of benzene rings is 1. The minimum atomic E-state index is -0.217. The second-order valence-electron chi connectivity index (χ2n) is 6.95. The molecule has 4 nitrogen and oxygen atoms in total. The lowest BCUT2D eigenvalue weighted by atomic mass is 9.64. The molecule has 20 heavy (non-hydrogen) atoms. The molecule has 0 spiro atoms. The van der Waals surface area contributed by atoms with E-state index in [-0.39, 0.29) is 11.5 Å². The van der Waals surface area contributed by atoms with E-state index >= 15 is 0 Å². The number of fused-ring (bicyclic) bond motifs is 1. The molecule has 2 aliphatic rings. The lowest BCUT2D eigenvalue weighted by Gasteiger charge is -2.50. The van der Waals surface area contributed by atoms with E-state index in [1.54, 1.807) is 0 Å². The van der Waals surface area contributed by atoms with Crippen LogP contribution in [0.2, 0.25) is 0 Å². The number of aromatic nitrogens is 2. The molecule has 0 saturated heterocycles. The first-order valence-corrected chi connectivity index (χ1v) is 7.44. The number of nitrogens with zero attached hydrogens (tertiary/aromatic N) is 2. The van der Waals surface area contributed by atoms with Crippen molar-refractivity contribution >= 4 is 16.7 Å². The first-order valence-electron chi connectivity index (χ1n) is 7.44. The average molecular weight is 271 g/mol. The molecule has 0 radical (unpaired) electrons. The second-order valence-corrected chi connectivity index (χ2v) is 6.95. The molecule has 0 amide bonds. The highest BCUT2D eigenvalue weighted by Crippen LogP contribution is 2.53. The predicted molar refractivity (Wildman–Crippen MR) is 79.6 cm³/mol. The van der Waals surface area contributed by atoms with E-state index in [1.807, 2.05) is 12.1 Å². The van der Waals surface area contributed by atoms with Crippen LogP contribution in [-0.2, 0) is 0 Å². The van der Waals surface area contributed by atoms with E-state index < -0.39 is 0 Å². The quantitative estimate of drug-likeness (QED) is 0.825. The maximum absolute atomic E-state index is 10.1. The summed E-state index contributed by atoms with van der Waals surface area (Å²) in [6.45, 7) is 4.29. The summed E-state index contributed by atoms with van der Waals surface area (Å²) in [5.41, 5.74) is 8.71. The van der Waals surface area contributed by atoms with Gasteiger partial charge in [-0.25, -0.2) is 4.98 Å². The van der Waals surface area contributed by atoms with E-state index in [2.05, 4.69) is 24.5 Å². The zero-order valence-electron chi connectivity index (χ0n) is 12.0. The van der Waals surface area contributed by atoms with Crippen LogP contribution >= 0.6 is 0 Å². The van der Waals surface area contributed by atoms with Crippen molar-refractivity contribution < 1.29 is 5.11 Å². The van der Waals surface area contributed by atoms with Crippen LogP contribution in [0, 0.1) is 5.41 Å². The minimum absolute atomic E-state index is 0.0847. The number of hydrogen-bond donors (Lipinski definition) is 2. The van der Waals surface area contributed by atoms with Crippen molar-refractivity contribution in [1.29, 1.82) is 0 Å². The van der Waals surface area contributed by atoms with Crippen molar-refractivity contribution in [3.63, 3.8) is 0 Å². The molecule has 2 unspecified atom stereocenters. The third kappa shape index (κ3) is 1.54. The maximum Gasteiger partial charge on any atom is 0.113 e. The SMILES string of the molecule is CC1(C)C(O)CC1n1c(C2CC2)nc2cc(N)ccc21. The lowest BCUT2D eigenvalue weighted by molar-refractivity contribution is -0.0886. The molecule has 0 aliphatic heterocycles. The molecule has 4 rings (SSSR count). The zero-order valence-corrected chi connectivity index (χ0v) is 12.0. The summed E-state index contributed by atoms with van der Waals surface area (Å²) in [5.74, 6) is 1.78. The van der Waals surface area contributed by atoms with Gasteiger partial charge in [0.25, 0.3) is 0 Å². The molecule has 4 heteroatoms. The third-order valence-corrected chi connectivity index (χ3v) is 5.16. The molecule has 106 valence electrons. The molecule has 2 aromatic rings. The highest BCUT2D eigenvalue weighted by Gasteiger charge is 2.50. The molecule has 1 aromatic carbocycles. The Morgan fingerprint density at radius 1 is 1.35 bits per heavy atom. The molecule has 1 heterocycles. The topological polar surface area (TPSA) is 64.1 Å². The molecule has 2 fully saturated rings. The van der Waals surface area contributed by atoms with Crippen molar-refractivity contribution in [3.05, 3.63) is 24.0 Å². The number of anilines is 1. The smallest absolute Gasteiger partial charge is 0.113 e. The van der Waals surface area contributed by atoms with Gasteiger partial charge < -0.3 is 15.4 Å². The lowest BCUT2D eigenvalue weighted by Crippen LogP contribution is -2.50. The van der Waals surface area contributed by atoms with Crippen molar-refractivity contribution in [2.45, 2.75) is 51.2 Å². The zero-order chi connectivity index (χ0) is 14.1. The Morgan fingerprint density at radius 3 is 2.70 bits per heavy atom. The highest BCUT2D eigenvalue weighted by molar-refractivity contribution is 5.80. The molecular formula is C16H21N3O. The molecule has 3 N–H and O–H groups in total. The predicted octanol–water partition coefficient (Wildman–Crippen LogP) is 2.83. The van der Waals surface area contributed by atoms with Gasteiger partial charge in [0.1, 0.15) is 5.82 Å². The Balaban J connectivity index is 1.90. The Labute approximate surface area is 118 Å². The Hall–Kier alpha value is -1.55. The van der Waals surface area contributed by atoms with Gasteiger partial charge in [-0.05, 0) is 37.5 Å². The van der Waals surface area contributed by atoms with Gasteiger partial charge in [-0.2, -0.15) is 0 Å². The summed E-state index contributed by atoms with van der Waals surface area (Å²) in [5, 5.41) is 10.1. The Morgan fingerprint density at radius 2 is 2.10 bits per heavy atom. The van der Waals surface area contributed by atoms with Gasteiger partial charge in [0, 0.05) is 23.1 Å². The standard InChI is InChI=1S/C16H21N3O/c1-16(2)13(8-14(16)20)19-12-6-5-10(17)7-11(12)18-15(19)9-3-4-9/h5-7,9,13-14,20H,3-4,8,17H2,1-2H3. The van der Waals surface area contributed by atoms with Crippen LogP contribution in [0.4, 0.5) is 5.69 Å². The fourth-order valence-corrected chi connectivity index (χ4v) is 3.41. The summed E-state index contributed by atoms with van der Waals surface area (Å²) >= 11 is 0. The molecular weight excluding hydrogens is 250 g/mol. The van der Waals surface area contributed by atoms with Crippen LogP contribution in [0.3, 0.4) is 0 Å². The fourth-order valence-electron chi connectivity index (χ4n) is 3.41. The number of aliphatic hydroxyl groups is 1. The van der Waals surface area contributed by atoms with Crippen molar-refractivity contribution in [2.24, 2.45) is 5.41 Å². The number of nitrogens with two attached hydrogens (primary N) is 1. The second kappa shape index (κ2) is 3.76. The van der Waals surface area contributed by atoms with Crippen LogP contribution < -0.4 is 5.73 Å². The van der Waals surface area contributed by atoms with Crippen LogP contribution in [0.15, 0.2) is 18.2 Å². The van der Waals surface area contributed by atoms with Crippen LogP contribution in [0.5, 0.6) is 0 Å². The number of aliphatic hydroxyl groups excluding tert-OH is 1. The van der Waals surface area contributed by atoms with E-state index in [0.29, 0.717) is 12.0 Å². The summed E-state index contributed by atoms with van der Waals surface area (Å²) in [7, 11) is 0. The van der Waals surface area contributed by atoms with Gasteiger partial charge in [-0.3, -0.25) is 0 Å². The van der Waals surface area contributed by atoms with E-state index in [0.717, 1.165) is 23.1 Å². The van der Waals surface area contributed by atoms with Crippen molar-refractivity contribution in [1.82, 2.24) is 9.55 Å². The molecule has 2 saturated carbocycles. The summed E-state index contributed by atoms with van der Waals surface area (Å²) in [4.78, 5) is 4.83. The van der Waals surface area contributed by atoms with Crippen molar-refractivity contribution in [3.8, 4) is 0 Å². The van der Waals surface area contributed by atoms with E-state index in [4.69, 9.17) is 10.7 Å². The van der Waals surface area contributed by atoms with Gasteiger partial charge in [0.2, 0.25) is 0 Å². The summed E-state index contributed by atoms with van der Waals surface area (Å²) in [6.07, 6.45) is 3.07. The molecule has 2 atom stereocenters. The van der Waals surface area contributed by atoms with Gasteiger partial charge >= 0.3 is 0 Å². The monoisotopic (exact) mass is 271 g/mol. The number of nitrogen functional groups attached to an aromatic ring is 1. The van der Waals surface area contributed by atoms with Crippen LogP contribution in [0.1, 0.15) is 50.9 Å². The fraction of sp³-hybridized carbons (Fsp3) is 0.562. The molecule has 1 aromatic heterocycles. The minimum Gasteiger partial charge on any atom is -0.399 e.